The van der Waals surface area contributed by atoms with Gasteiger partial charge in [0.15, 0.2) is 0 Å². The van der Waals surface area contributed by atoms with E-state index in [0.717, 1.165) is 51.9 Å². The molecule has 1 fully saturated rings. The zero-order chi connectivity index (χ0) is 14.8. The van der Waals surface area contributed by atoms with Crippen LogP contribution in [0.4, 0.5) is 0 Å². The topological polar surface area (TPSA) is 63.2 Å². The van der Waals surface area contributed by atoms with Crippen molar-refractivity contribution in [3.05, 3.63) is 30.1 Å². The fraction of sp³-hybridized carbons (Fsp3) is 0.625. The maximum Gasteiger partial charge on any atom is 0.220 e. The van der Waals surface area contributed by atoms with Gasteiger partial charge in [-0.15, -0.1) is 0 Å². The van der Waals surface area contributed by atoms with Crippen LogP contribution < -0.4 is 10.6 Å². The minimum absolute atomic E-state index is 0.137. The number of aromatic nitrogens is 1. The van der Waals surface area contributed by atoms with Gasteiger partial charge in [-0.1, -0.05) is 6.07 Å². The number of carbonyl (C=O) groups excluding carboxylic acids is 1. The normalized spacial score (nSPS) is 17.8. The van der Waals surface area contributed by atoms with Gasteiger partial charge in [0, 0.05) is 38.5 Å². The summed E-state index contributed by atoms with van der Waals surface area (Å²) in [5.74, 6) is 0.137. The average Bonchev–Trinajstić information content (AvgIpc) is 3.03. The molecule has 1 aromatic heterocycles. The third-order valence-electron chi connectivity index (χ3n) is 3.62. The van der Waals surface area contributed by atoms with Crippen molar-refractivity contribution >= 4 is 5.91 Å². The van der Waals surface area contributed by atoms with Crippen molar-refractivity contribution in [1.29, 1.82) is 0 Å². The van der Waals surface area contributed by atoms with Crippen LogP contribution >= 0.6 is 0 Å². The van der Waals surface area contributed by atoms with Crippen molar-refractivity contribution in [2.45, 2.75) is 44.8 Å². The third kappa shape index (κ3) is 6.69. The Hall–Kier alpha value is -1.46. The van der Waals surface area contributed by atoms with Gasteiger partial charge in [-0.3, -0.25) is 9.78 Å². The third-order valence-corrected chi connectivity index (χ3v) is 3.62. The second-order valence-electron chi connectivity index (χ2n) is 5.42. The molecule has 0 aliphatic carbocycles. The molecule has 0 bridgehead atoms. The summed E-state index contributed by atoms with van der Waals surface area (Å²) >= 11 is 0. The first-order valence-corrected chi connectivity index (χ1v) is 7.82. The molecule has 0 radical (unpaired) electrons. The molecule has 5 nitrogen and oxygen atoms in total. The molecule has 2 N–H and O–H groups in total. The average molecular weight is 291 g/mol. The van der Waals surface area contributed by atoms with E-state index < -0.39 is 0 Å². The molecular weight excluding hydrogens is 266 g/mol. The largest absolute Gasteiger partial charge is 0.378 e. The molecule has 1 amide bonds. The molecule has 116 valence electrons. The lowest BCUT2D eigenvalue weighted by atomic mass is 10.1. The van der Waals surface area contributed by atoms with Gasteiger partial charge >= 0.3 is 0 Å². The summed E-state index contributed by atoms with van der Waals surface area (Å²) in [7, 11) is 0. The molecule has 5 heteroatoms. The first kappa shape index (κ1) is 15.9. The molecule has 2 rings (SSSR count). The Labute approximate surface area is 126 Å². The second kappa shape index (κ2) is 9.47. The van der Waals surface area contributed by atoms with Crippen LogP contribution in [0.3, 0.4) is 0 Å². The standard InChI is InChI=1S/C16H25N3O2/c20-16(7-6-15-5-2-11-21-15)19-10-3-9-18-13-14-4-1-8-17-12-14/h1,4,8,12,15,18H,2-3,5-7,9-11,13H2,(H,19,20). The number of amides is 1. The number of ether oxygens (including phenoxy) is 1. The van der Waals surface area contributed by atoms with E-state index >= 15 is 0 Å². The minimum atomic E-state index is 0.137. The summed E-state index contributed by atoms with van der Waals surface area (Å²) < 4.78 is 5.51. The Kier molecular flexibility index (Phi) is 7.18. The van der Waals surface area contributed by atoms with Crippen molar-refractivity contribution in [1.82, 2.24) is 15.6 Å². The highest BCUT2D eigenvalue weighted by Gasteiger charge is 2.16. The fourth-order valence-corrected chi connectivity index (χ4v) is 2.43. The lowest BCUT2D eigenvalue weighted by Gasteiger charge is -2.09. The predicted octanol–water partition coefficient (Wildman–Crippen LogP) is 1.64. The number of carbonyl (C=O) groups is 1. The van der Waals surface area contributed by atoms with Crippen LogP contribution in [-0.4, -0.2) is 36.7 Å². The summed E-state index contributed by atoms with van der Waals surface area (Å²) in [5, 5.41) is 6.30. The molecule has 1 unspecified atom stereocenters. The van der Waals surface area contributed by atoms with E-state index in [-0.39, 0.29) is 5.91 Å². The number of nitrogens with one attached hydrogen (secondary N) is 2. The van der Waals surface area contributed by atoms with Crippen LogP contribution in [0, 0.1) is 0 Å². The van der Waals surface area contributed by atoms with E-state index in [4.69, 9.17) is 4.74 Å². The van der Waals surface area contributed by atoms with E-state index in [1.165, 1.54) is 5.56 Å². The predicted molar refractivity (Wildman–Crippen MR) is 81.8 cm³/mol. The highest BCUT2D eigenvalue weighted by Crippen LogP contribution is 2.16. The highest BCUT2D eigenvalue weighted by atomic mass is 16.5. The van der Waals surface area contributed by atoms with Crippen LogP contribution in [0.15, 0.2) is 24.5 Å². The number of pyridine rings is 1. The van der Waals surface area contributed by atoms with E-state index in [1.807, 2.05) is 18.3 Å². The van der Waals surface area contributed by atoms with Crippen LogP contribution in [0.25, 0.3) is 0 Å². The van der Waals surface area contributed by atoms with Gasteiger partial charge in [0.1, 0.15) is 0 Å². The van der Waals surface area contributed by atoms with Gasteiger partial charge in [-0.2, -0.15) is 0 Å². The summed E-state index contributed by atoms with van der Waals surface area (Å²) in [4.78, 5) is 15.7. The van der Waals surface area contributed by atoms with E-state index in [9.17, 15) is 4.79 Å². The molecule has 1 saturated heterocycles. The van der Waals surface area contributed by atoms with Crippen molar-refractivity contribution < 1.29 is 9.53 Å². The van der Waals surface area contributed by atoms with Gasteiger partial charge in [0.2, 0.25) is 5.91 Å². The van der Waals surface area contributed by atoms with Crippen molar-refractivity contribution in [3.63, 3.8) is 0 Å². The first-order chi connectivity index (χ1) is 10.3. The molecule has 21 heavy (non-hydrogen) atoms. The smallest absolute Gasteiger partial charge is 0.220 e. The second-order valence-corrected chi connectivity index (χ2v) is 5.42. The molecule has 1 aliphatic heterocycles. The maximum absolute atomic E-state index is 11.7. The van der Waals surface area contributed by atoms with Gasteiger partial charge in [0.25, 0.3) is 0 Å². The van der Waals surface area contributed by atoms with E-state index in [2.05, 4.69) is 15.6 Å². The van der Waals surface area contributed by atoms with E-state index in [1.54, 1.807) is 6.20 Å². The number of hydrogen-bond acceptors (Lipinski definition) is 4. The summed E-state index contributed by atoms with van der Waals surface area (Å²) in [6.07, 6.45) is 8.54. The van der Waals surface area contributed by atoms with E-state index in [0.29, 0.717) is 12.5 Å². The molecular formula is C16H25N3O2. The van der Waals surface area contributed by atoms with Gasteiger partial charge in [-0.05, 0) is 43.9 Å². The highest BCUT2D eigenvalue weighted by molar-refractivity contribution is 5.75. The Morgan fingerprint density at radius 3 is 3.14 bits per heavy atom. The SMILES string of the molecule is O=C(CCC1CCCO1)NCCCNCc1cccnc1. The first-order valence-electron chi connectivity index (χ1n) is 7.82. The summed E-state index contributed by atoms with van der Waals surface area (Å²) in [6.45, 7) is 3.29. The quantitative estimate of drug-likeness (QED) is 0.679. The monoisotopic (exact) mass is 291 g/mol. The Morgan fingerprint density at radius 2 is 2.38 bits per heavy atom. The molecule has 0 spiro atoms. The Bertz CT molecular complexity index is 405. The maximum atomic E-state index is 11.7. The van der Waals surface area contributed by atoms with Crippen LogP contribution in [0.1, 0.15) is 37.7 Å². The zero-order valence-electron chi connectivity index (χ0n) is 12.5. The molecule has 0 aromatic carbocycles. The van der Waals surface area contributed by atoms with Crippen LogP contribution in [0.5, 0.6) is 0 Å². The lowest BCUT2D eigenvalue weighted by molar-refractivity contribution is -0.121. The summed E-state index contributed by atoms with van der Waals surface area (Å²) in [5.41, 5.74) is 1.18. The van der Waals surface area contributed by atoms with Gasteiger partial charge in [0.05, 0.1) is 6.10 Å². The molecule has 1 atom stereocenters. The van der Waals surface area contributed by atoms with Gasteiger partial charge < -0.3 is 15.4 Å². The zero-order valence-corrected chi connectivity index (χ0v) is 12.5. The molecule has 2 heterocycles. The Balaban J connectivity index is 1.43. The van der Waals surface area contributed by atoms with Gasteiger partial charge in [-0.25, -0.2) is 0 Å². The minimum Gasteiger partial charge on any atom is -0.378 e. The van der Waals surface area contributed by atoms with Crippen molar-refractivity contribution in [3.8, 4) is 0 Å². The van der Waals surface area contributed by atoms with Crippen LogP contribution in [-0.2, 0) is 16.1 Å². The fourth-order valence-electron chi connectivity index (χ4n) is 2.43. The Morgan fingerprint density at radius 1 is 1.43 bits per heavy atom. The number of rotatable bonds is 9. The van der Waals surface area contributed by atoms with Crippen molar-refractivity contribution in [2.75, 3.05) is 19.7 Å². The number of nitrogens with zero attached hydrogens (tertiary/aromatic N) is 1. The van der Waals surface area contributed by atoms with Crippen LogP contribution in [0.2, 0.25) is 0 Å². The summed E-state index contributed by atoms with van der Waals surface area (Å²) in [6, 6.07) is 3.98. The molecule has 1 aliphatic rings. The lowest BCUT2D eigenvalue weighted by Crippen LogP contribution is -2.27. The number of hydrogen-bond donors (Lipinski definition) is 2. The van der Waals surface area contributed by atoms with Crippen molar-refractivity contribution in [2.24, 2.45) is 0 Å². The molecule has 1 aromatic rings. The molecule has 0 saturated carbocycles.